The highest BCUT2D eigenvalue weighted by molar-refractivity contribution is 14.1. The van der Waals surface area contributed by atoms with Crippen molar-refractivity contribution in [3.63, 3.8) is 0 Å². The monoisotopic (exact) mass is 615 g/mol. The second-order valence-corrected chi connectivity index (χ2v) is 9.90. The normalized spacial score (nSPS) is 15.2. The maximum absolute atomic E-state index is 13.5. The lowest BCUT2D eigenvalue weighted by atomic mass is 10.1. The van der Waals surface area contributed by atoms with E-state index in [1.54, 1.807) is 19.1 Å². The molecule has 1 aliphatic rings. The van der Waals surface area contributed by atoms with Gasteiger partial charge in [-0.3, -0.25) is 14.5 Å². The van der Waals surface area contributed by atoms with Crippen LogP contribution in [0.4, 0.5) is 5.69 Å². The molecule has 1 aliphatic heterocycles. The minimum atomic E-state index is -0.724. The van der Waals surface area contributed by atoms with Gasteiger partial charge in [0, 0.05) is 15.8 Å². The largest absolute Gasteiger partial charge is 0.493 e. The number of carbonyl (C=O) groups excluding carboxylic acids is 2. The Labute approximate surface area is 229 Å². The minimum Gasteiger partial charge on any atom is -0.493 e. The number of benzene rings is 3. The first kappa shape index (κ1) is 25.9. The first-order valence-corrected chi connectivity index (χ1v) is 12.8. The second kappa shape index (κ2) is 11.7. The first-order chi connectivity index (χ1) is 17.4. The highest BCUT2D eigenvalue weighted by Gasteiger charge is 2.43. The van der Waals surface area contributed by atoms with Crippen LogP contribution in [-0.2, 0) is 22.7 Å². The third kappa shape index (κ3) is 5.96. The Kier molecular flexibility index (Phi) is 8.42. The van der Waals surface area contributed by atoms with Gasteiger partial charge >= 0.3 is 0 Å². The molecule has 1 heterocycles. The van der Waals surface area contributed by atoms with Gasteiger partial charge in [-0.05, 0) is 82.3 Å². The van der Waals surface area contributed by atoms with Crippen LogP contribution in [0, 0.1) is 3.57 Å². The number of thiocarbonyl (C=S) groups is 1. The quantitative estimate of drug-likeness (QED) is 0.275. The molecule has 1 N–H and O–H groups in total. The summed E-state index contributed by atoms with van der Waals surface area (Å²) in [5.74, 6) is 0.749. The summed E-state index contributed by atoms with van der Waals surface area (Å²) in [5, 5.41) is 3.29. The molecule has 0 aliphatic carbocycles. The standard InChI is InChI=1S/C27H26IN3O4S/c1-34-23-13-8-19(14-24(23)35-2)17-30-22(15-25(32)29-21-11-9-20(28)10-12-21)26(33)31(27(30)36)16-18-6-4-3-5-7-18/h3-14,22H,15-17H2,1-2H3,(H,29,32). The molecule has 0 radical (unpaired) electrons. The average Bonchev–Trinajstić information content (AvgIpc) is 3.09. The van der Waals surface area contributed by atoms with Gasteiger partial charge in [-0.15, -0.1) is 0 Å². The molecule has 3 aromatic rings. The Morgan fingerprint density at radius 2 is 1.64 bits per heavy atom. The average molecular weight is 615 g/mol. The van der Waals surface area contributed by atoms with Gasteiger partial charge in [0.05, 0.1) is 27.2 Å². The number of ether oxygens (including phenoxy) is 2. The van der Waals surface area contributed by atoms with E-state index < -0.39 is 6.04 Å². The molecule has 9 heteroatoms. The zero-order chi connectivity index (χ0) is 25.7. The van der Waals surface area contributed by atoms with Gasteiger partial charge in [-0.1, -0.05) is 36.4 Å². The van der Waals surface area contributed by atoms with Crippen molar-refractivity contribution in [2.75, 3.05) is 19.5 Å². The van der Waals surface area contributed by atoms with Crippen molar-refractivity contribution < 1.29 is 19.1 Å². The minimum absolute atomic E-state index is 0.0243. The van der Waals surface area contributed by atoms with E-state index in [4.69, 9.17) is 21.7 Å². The van der Waals surface area contributed by atoms with Crippen molar-refractivity contribution >= 4 is 57.4 Å². The van der Waals surface area contributed by atoms with E-state index in [1.807, 2.05) is 77.7 Å². The Bertz CT molecular complexity index is 1250. The molecule has 2 amide bonds. The van der Waals surface area contributed by atoms with E-state index in [9.17, 15) is 9.59 Å². The number of carbonyl (C=O) groups is 2. The zero-order valence-electron chi connectivity index (χ0n) is 19.9. The summed E-state index contributed by atoms with van der Waals surface area (Å²) in [6.07, 6.45) is -0.0243. The SMILES string of the molecule is COc1ccc(CN2C(=S)N(Cc3ccccc3)C(=O)C2CC(=O)Nc2ccc(I)cc2)cc1OC. The molecule has 1 atom stereocenters. The number of anilines is 1. The molecule has 0 bridgehead atoms. The summed E-state index contributed by atoms with van der Waals surface area (Å²) in [6, 6.07) is 22.0. The summed E-state index contributed by atoms with van der Waals surface area (Å²) in [6.45, 7) is 0.688. The fourth-order valence-corrected chi connectivity index (χ4v) is 4.79. The van der Waals surface area contributed by atoms with Crippen LogP contribution in [-0.4, -0.2) is 47.0 Å². The molecule has 0 aromatic heterocycles. The molecule has 7 nitrogen and oxygen atoms in total. The van der Waals surface area contributed by atoms with Crippen molar-refractivity contribution in [2.45, 2.75) is 25.6 Å². The smallest absolute Gasteiger partial charge is 0.252 e. The molecule has 3 aromatic carbocycles. The molecule has 1 saturated heterocycles. The third-order valence-corrected chi connectivity index (χ3v) is 7.07. The van der Waals surface area contributed by atoms with Gasteiger partial charge in [-0.2, -0.15) is 0 Å². The molecule has 0 spiro atoms. The molecule has 1 fully saturated rings. The molecular formula is C27H26IN3O4S. The van der Waals surface area contributed by atoms with E-state index in [1.165, 1.54) is 0 Å². The van der Waals surface area contributed by atoms with Crippen LogP contribution >= 0.6 is 34.8 Å². The van der Waals surface area contributed by atoms with Gasteiger partial charge in [0.2, 0.25) is 5.91 Å². The fraction of sp³-hybridized carbons (Fsp3) is 0.222. The fourth-order valence-electron chi connectivity index (χ4n) is 4.08. The number of methoxy groups -OCH3 is 2. The van der Waals surface area contributed by atoms with E-state index in [0.717, 1.165) is 14.7 Å². The van der Waals surface area contributed by atoms with Crippen molar-refractivity contribution in [1.82, 2.24) is 9.80 Å². The molecule has 1 unspecified atom stereocenters. The lowest BCUT2D eigenvalue weighted by Gasteiger charge is -2.24. The first-order valence-electron chi connectivity index (χ1n) is 11.3. The Morgan fingerprint density at radius 3 is 2.31 bits per heavy atom. The number of nitrogens with one attached hydrogen (secondary N) is 1. The number of hydrogen-bond donors (Lipinski definition) is 1. The van der Waals surface area contributed by atoms with Crippen LogP contribution in [0.1, 0.15) is 17.5 Å². The van der Waals surface area contributed by atoms with Crippen LogP contribution < -0.4 is 14.8 Å². The molecule has 36 heavy (non-hydrogen) atoms. The number of rotatable bonds is 9. The van der Waals surface area contributed by atoms with Gasteiger partial charge < -0.3 is 19.7 Å². The lowest BCUT2D eigenvalue weighted by Crippen LogP contribution is -2.37. The highest BCUT2D eigenvalue weighted by atomic mass is 127. The van der Waals surface area contributed by atoms with Crippen molar-refractivity contribution in [3.8, 4) is 11.5 Å². The Hall–Kier alpha value is -3.18. The summed E-state index contributed by atoms with van der Waals surface area (Å²) in [5.41, 5.74) is 2.52. The van der Waals surface area contributed by atoms with Crippen LogP contribution in [0.3, 0.4) is 0 Å². The topological polar surface area (TPSA) is 71.1 Å². The van der Waals surface area contributed by atoms with Crippen molar-refractivity contribution in [1.29, 1.82) is 0 Å². The Morgan fingerprint density at radius 1 is 0.944 bits per heavy atom. The van der Waals surface area contributed by atoms with Crippen LogP contribution in [0.2, 0.25) is 0 Å². The summed E-state index contributed by atoms with van der Waals surface area (Å²) in [4.78, 5) is 29.9. The lowest BCUT2D eigenvalue weighted by molar-refractivity contribution is -0.131. The highest BCUT2D eigenvalue weighted by Crippen LogP contribution is 2.31. The van der Waals surface area contributed by atoms with Crippen LogP contribution in [0.25, 0.3) is 0 Å². The van der Waals surface area contributed by atoms with Gasteiger partial charge in [0.25, 0.3) is 5.91 Å². The van der Waals surface area contributed by atoms with E-state index in [0.29, 0.717) is 35.4 Å². The van der Waals surface area contributed by atoms with Gasteiger partial charge in [0.1, 0.15) is 6.04 Å². The molecule has 4 rings (SSSR count). The van der Waals surface area contributed by atoms with Crippen molar-refractivity contribution in [2.24, 2.45) is 0 Å². The number of amides is 2. The van der Waals surface area contributed by atoms with Crippen molar-refractivity contribution in [3.05, 3.63) is 87.5 Å². The predicted octanol–water partition coefficient (Wildman–Crippen LogP) is 4.84. The van der Waals surface area contributed by atoms with E-state index in [-0.39, 0.29) is 18.2 Å². The number of halogens is 1. The Balaban J connectivity index is 1.58. The maximum Gasteiger partial charge on any atom is 0.252 e. The second-order valence-electron chi connectivity index (χ2n) is 8.28. The molecule has 186 valence electrons. The number of hydrogen-bond acceptors (Lipinski definition) is 5. The molecule has 0 saturated carbocycles. The summed E-state index contributed by atoms with van der Waals surface area (Å²) >= 11 is 7.97. The van der Waals surface area contributed by atoms with Gasteiger partial charge in [-0.25, -0.2) is 0 Å². The van der Waals surface area contributed by atoms with Crippen LogP contribution in [0.15, 0.2) is 72.8 Å². The maximum atomic E-state index is 13.5. The van der Waals surface area contributed by atoms with E-state index in [2.05, 4.69) is 27.9 Å². The van der Waals surface area contributed by atoms with Gasteiger partial charge in [0.15, 0.2) is 16.6 Å². The number of nitrogens with zero attached hydrogens (tertiary/aromatic N) is 2. The summed E-state index contributed by atoms with van der Waals surface area (Å²) < 4.78 is 11.8. The van der Waals surface area contributed by atoms with Crippen LogP contribution in [0.5, 0.6) is 11.5 Å². The third-order valence-electron chi connectivity index (χ3n) is 5.90. The zero-order valence-corrected chi connectivity index (χ0v) is 22.9. The predicted molar refractivity (Wildman–Crippen MR) is 151 cm³/mol. The molecular weight excluding hydrogens is 589 g/mol. The van der Waals surface area contributed by atoms with E-state index >= 15 is 0 Å². The summed E-state index contributed by atoms with van der Waals surface area (Å²) in [7, 11) is 3.15.